The molecule has 0 unspecified atom stereocenters. The number of rotatable bonds is 6. The second-order valence-corrected chi connectivity index (χ2v) is 10.0. The molecular formula is C29H23Cl2N3O3. The minimum Gasteiger partial charge on any atom is -0.434 e. The number of carbonyl (C=O) groups is 2. The molecule has 0 saturated carbocycles. The molecule has 186 valence electrons. The van der Waals surface area contributed by atoms with Gasteiger partial charge in [0.1, 0.15) is 0 Å². The van der Waals surface area contributed by atoms with Crippen molar-refractivity contribution in [3.05, 3.63) is 81.8 Å². The van der Waals surface area contributed by atoms with Crippen LogP contribution in [0.15, 0.2) is 59.1 Å². The maximum atomic E-state index is 12.9. The Morgan fingerprint density at radius 1 is 0.946 bits per heavy atom. The molecule has 0 aliphatic carbocycles. The first-order chi connectivity index (χ1) is 17.7. The molecule has 5 rings (SSSR count). The maximum absolute atomic E-state index is 12.9. The molecule has 0 aliphatic rings. The lowest BCUT2D eigenvalue weighted by Crippen LogP contribution is -2.10. The van der Waals surface area contributed by atoms with Gasteiger partial charge in [0, 0.05) is 33.8 Å². The van der Waals surface area contributed by atoms with Crippen molar-refractivity contribution >= 4 is 45.9 Å². The minimum absolute atomic E-state index is 0.0288. The Kier molecular flexibility index (Phi) is 6.48. The fourth-order valence-electron chi connectivity index (χ4n) is 4.39. The Labute approximate surface area is 223 Å². The first-order valence-electron chi connectivity index (χ1n) is 11.7. The minimum atomic E-state index is -0.345. The molecule has 8 heteroatoms. The lowest BCUT2D eigenvalue weighted by molar-refractivity contribution is 0.0901. The number of hydrogen-bond donors (Lipinski definition) is 1. The fourth-order valence-corrected chi connectivity index (χ4v) is 4.78. The number of carbonyl (C=O) groups excluding carboxylic acids is 2. The monoisotopic (exact) mass is 531 g/mol. The van der Waals surface area contributed by atoms with E-state index in [1.807, 2.05) is 49.5 Å². The van der Waals surface area contributed by atoms with E-state index in [0.717, 1.165) is 27.9 Å². The van der Waals surface area contributed by atoms with E-state index < -0.39 is 0 Å². The number of aromatic amines is 1. The van der Waals surface area contributed by atoms with E-state index in [0.29, 0.717) is 26.7 Å². The highest BCUT2D eigenvalue weighted by Crippen LogP contribution is 2.40. The number of furan rings is 1. The summed E-state index contributed by atoms with van der Waals surface area (Å²) >= 11 is 13.0. The molecule has 6 nitrogen and oxygen atoms in total. The zero-order chi connectivity index (χ0) is 26.4. The summed E-state index contributed by atoms with van der Waals surface area (Å²) in [5.74, 6) is -0.837. The van der Waals surface area contributed by atoms with E-state index in [4.69, 9.17) is 32.6 Å². The van der Waals surface area contributed by atoms with Crippen molar-refractivity contribution in [2.45, 2.75) is 27.7 Å². The zero-order valence-electron chi connectivity index (χ0n) is 20.6. The molecule has 0 saturated heterocycles. The van der Waals surface area contributed by atoms with Gasteiger partial charge in [-0.25, -0.2) is 4.98 Å². The van der Waals surface area contributed by atoms with Gasteiger partial charge in [-0.05, 0) is 49.2 Å². The van der Waals surface area contributed by atoms with Crippen molar-refractivity contribution in [2.75, 3.05) is 0 Å². The first kappa shape index (κ1) is 24.9. The summed E-state index contributed by atoms with van der Waals surface area (Å²) in [6, 6.07) is 14.9. The van der Waals surface area contributed by atoms with Gasteiger partial charge in [-0.15, -0.1) is 0 Å². The summed E-state index contributed by atoms with van der Waals surface area (Å²) in [7, 11) is 0. The van der Waals surface area contributed by atoms with Gasteiger partial charge in [0.15, 0.2) is 11.5 Å². The third-order valence-corrected chi connectivity index (χ3v) is 6.87. The molecule has 3 heterocycles. The third kappa shape index (κ3) is 4.47. The Bertz CT molecular complexity index is 1680. The van der Waals surface area contributed by atoms with Gasteiger partial charge >= 0.3 is 0 Å². The van der Waals surface area contributed by atoms with Gasteiger partial charge in [0.2, 0.25) is 11.5 Å². The Morgan fingerprint density at radius 2 is 1.65 bits per heavy atom. The van der Waals surface area contributed by atoms with Crippen molar-refractivity contribution in [2.24, 2.45) is 5.92 Å². The first-order valence-corrected chi connectivity index (χ1v) is 12.5. The van der Waals surface area contributed by atoms with Gasteiger partial charge in [-0.1, -0.05) is 61.3 Å². The second-order valence-electron chi connectivity index (χ2n) is 9.20. The van der Waals surface area contributed by atoms with Crippen LogP contribution in [-0.4, -0.2) is 26.7 Å². The number of benzene rings is 2. The van der Waals surface area contributed by atoms with Crippen LogP contribution in [0.3, 0.4) is 0 Å². The molecule has 2 aromatic carbocycles. The third-order valence-electron chi connectivity index (χ3n) is 6.30. The van der Waals surface area contributed by atoms with E-state index in [1.165, 1.54) is 6.92 Å². The van der Waals surface area contributed by atoms with Crippen molar-refractivity contribution in [3.8, 4) is 33.5 Å². The van der Waals surface area contributed by atoms with Crippen LogP contribution in [0.4, 0.5) is 0 Å². The molecule has 37 heavy (non-hydrogen) atoms. The van der Waals surface area contributed by atoms with Crippen LogP contribution in [0.5, 0.6) is 0 Å². The number of H-pyrrole nitrogens is 1. The van der Waals surface area contributed by atoms with Crippen LogP contribution in [0, 0.1) is 12.8 Å². The van der Waals surface area contributed by atoms with Gasteiger partial charge in [0.05, 0.1) is 27.4 Å². The molecule has 0 spiro atoms. The number of aryl methyl sites for hydroxylation is 1. The standard InChI is InChI=1S/C29H23Cl2N3O3/c1-14(2)27(36)28-25(16(4)35)22-12-21(17-5-8-19(30)9-6-17)26(33-29(22)37-28)20-10-7-18(11-24(20)31)23-13-32-34-15(23)3/h5-14H,1-4H3,(H,32,34). The smallest absolute Gasteiger partial charge is 0.228 e. The highest BCUT2D eigenvalue weighted by molar-refractivity contribution is 6.34. The molecule has 0 fully saturated rings. The fraction of sp³-hybridized carbons (Fsp3) is 0.172. The number of Topliss-reactive ketones (excluding diaryl/α,β-unsaturated/α-hetero) is 2. The van der Waals surface area contributed by atoms with Crippen molar-refractivity contribution in [3.63, 3.8) is 0 Å². The lowest BCUT2D eigenvalue weighted by atomic mass is 9.95. The van der Waals surface area contributed by atoms with Crippen LogP contribution in [0.1, 0.15) is 47.4 Å². The average Bonchev–Trinajstić information content (AvgIpc) is 3.46. The van der Waals surface area contributed by atoms with E-state index in [1.54, 1.807) is 26.0 Å². The van der Waals surface area contributed by atoms with Crippen LogP contribution >= 0.6 is 23.2 Å². The molecular weight excluding hydrogens is 509 g/mol. The number of pyridine rings is 1. The van der Waals surface area contributed by atoms with E-state index in [9.17, 15) is 9.59 Å². The molecule has 0 aliphatic heterocycles. The van der Waals surface area contributed by atoms with Crippen LogP contribution < -0.4 is 0 Å². The SMILES string of the molecule is CC(=O)c1c(C(=O)C(C)C)oc2nc(-c3ccc(-c4c[nH]nc4C)cc3Cl)c(-c3ccc(Cl)cc3)cc12. The zero-order valence-corrected chi connectivity index (χ0v) is 22.2. The van der Waals surface area contributed by atoms with Gasteiger partial charge in [-0.3, -0.25) is 14.7 Å². The largest absolute Gasteiger partial charge is 0.434 e. The molecule has 3 aromatic heterocycles. The van der Waals surface area contributed by atoms with Crippen molar-refractivity contribution in [1.82, 2.24) is 15.2 Å². The lowest BCUT2D eigenvalue weighted by Gasteiger charge is -2.12. The van der Waals surface area contributed by atoms with Crippen LogP contribution in [-0.2, 0) is 0 Å². The average molecular weight is 532 g/mol. The number of nitrogens with one attached hydrogen (secondary N) is 1. The topological polar surface area (TPSA) is 88.9 Å². The molecule has 0 amide bonds. The predicted octanol–water partition coefficient (Wildman–Crippen LogP) is 8.21. The summed E-state index contributed by atoms with van der Waals surface area (Å²) in [4.78, 5) is 30.4. The van der Waals surface area contributed by atoms with Gasteiger partial charge in [0.25, 0.3) is 0 Å². The number of hydrogen-bond acceptors (Lipinski definition) is 5. The van der Waals surface area contributed by atoms with E-state index in [2.05, 4.69) is 10.2 Å². The second kappa shape index (κ2) is 9.61. The molecule has 0 bridgehead atoms. The van der Waals surface area contributed by atoms with Crippen molar-refractivity contribution < 1.29 is 14.0 Å². The van der Waals surface area contributed by atoms with Crippen LogP contribution in [0.2, 0.25) is 10.0 Å². The summed E-state index contributed by atoms with van der Waals surface area (Å²) in [6.45, 7) is 6.87. The molecule has 0 radical (unpaired) electrons. The summed E-state index contributed by atoms with van der Waals surface area (Å²) in [6.07, 6.45) is 1.82. The number of halogens is 2. The Hall–Kier alpha value is -3.74. The van der Waals surface area contributed by atoms with Gasteiger partial charge < -0.3 is 4.42 Å². The highest BCUT2D eigenvalue weighted by atomic mass is 35.5. The number of nitrogens with zero attached hydrogens (tertiary/aromatic N) is 2. The summed E-state index contributed by atoms with van der Waals surface area (Å²) in [5, 5.41) is 8.61. The van der Waals surface area contributed by atoms with Gasteiger partial charge in [-0.2, -0.15) is 5.10 Å². The highest BCUT2D eigenvalue weighted by Gasteiger charge is 2.28. The van der Waals surface area contributed by atoms with E-state index in [-0.39, 0.29) is 34.5 Å². The van der Waals surface area contributed by atoms with Crippen molar-refractivity contribution in [1.29, 1.82) is 0 Å². The normalized spacial score (nSPS) is 11.4. The van der Waals surface area contributed by atoms with E-state index >= 15 is 0 Å². The number of aromatic nitrogens is 3. The summed E-state index contributed by atoms with van der Waals surface area (Å²) < 4.78 is 5.94. The number of ketones is 2. The Morgan fingerprint density at radius 3 is 2.24 bits per heavy atom. The van der Waals surface area contributed by atoms with Crippen LogP contribution in [0.25, 0.3) is 44.6 Å². The number of fused-ring (bicyclic) bond motifs is 1. The maximum Gasteiger partial charge on any atom is 0.228 e. The molecule has 5 aromatic rings. The summed E-state index contributed by atoms with van der Waals surface area (Å²) in [5.41, 5.74) is 5.95. The molecule has 1 N–H and O–H groups in total. The Balaban J connectivity index is 1.79. The molecule has 0 atom stereocenters. The predicted molar refractivity (Wildman–Crippen MR) is 146 cm³/mol. The quantitative estimate of drug-likeness (QED) is 0.223.